The Morgan fingerprint density at radius 2 is 2.06 bits per heavy atom. The lowest BCUT2D eigenvalue weighted by atomic mass is 9.98. The fraction of sp³-hybridized carbons (Fsp3) is 0.571. The minimum Gasteiger partial charge on any atom is -0.483 e. The minimum atomic E-state index is -0.834. The summed E-state index contributed by atoms with van der Waals surface area (Å²) in [5.74, 6) is 0.123. The predicted octanol–water partition coefficient (Wildman–Crippen LogP) is 2.54. The molecule has 0 saturated heterocycles. The van der Waals surface area contributed by atoms with E-state index in [0.717, 1.165) is 6.42 Å². The summed E-state index contributed by atoms with van der Waals surface area (Å²) in [5, 5.41) is 0. The number of hydrogen-bond acceptors (Lipinski definition) is 4. The van der Waals surface area contributed by atoms with Crippen molar-refractivity contribution >= 4 is 11.8 Å². The Kier molecular flexibility index (Phi) is 4.70. The predicted molar refractivity (Wildman–Crippen MR) is 67.9 cm³/mol. The SMILES string of the molecule is CCCC1=C(/C=C/C(=O)OCC)C(=O)C(C)(C)O1. The average Bonchev–Trinajstić information content (AvgIpc) is 2.49. The second kappa shape index (κ2) is 5.85. The highest BCUT2D eigenvalue weighted by molar-refractivity contribution is 6.06. The summed E-state index contributed by atoms with van der Waals surface area (Å²) in [6.45, 7) is 7.53. The molecule has 0 radical (unpaired) electrons. The van der Waals surface area contributed by atoms with E-state index in [1.54, 1.807) is 20.8 Å². The zero-order valence-electron chi connectivity index (χ0n) is 11.4. The molecule has 100 valence electrons. The molecular formula is C14H20O4. The van der Waals surface area contributed by atoms with Crippen molar-refractivity contribution in [1.82, 2.24) is 0 Å². The minimum absolute atomic E-state index is 0.0912. The molecule has 0 spiro atoms. The highest BCUT2D eigenvalue weighted by Gasteiger charge is 2.40. The van der Waals surface area contributed by atoms with Crippen molar-refractivity contribution in [3.05, 3.63) is 23.5 Å². The molecule has 0 fully saturated rings. The van der Waals surface area contributed by atoms with Crippen molar-refractivity contribution in [2.75, 3.05) is 6.61 Å². The Balaban J connectivity index is 2.90. The van der Waals surface area contributed by atoms with Crippen LogP contribution in [-0.2, 0) is 19.1 Å². The largest absolute Gasteiger partial charge is 0.483 e. The highest BCUT2D eigenvalue weighted by Crippen LogP contribution is 2.33. The lowest BCUT2D eigenvalue weighted by Crippen LogP contribution is -2.29. The topological polar surface area (TPSA) is 52.6 Å². The summed E-state index contributed by atoms with van der Waals surface area (Å²) in [4.78, 5) is 23.3. The van der Waals surface area contributed by atoms with E-state index < -0.39 is 11.6 Å². The number of ether oxygens (including phenoxy) is 2. The average molecular weight is 252 g/mol. The molecule has 1 aliphatic heterocycles. The van der Waals surface area contributed by atoms with Crippen LogP contribution < -0.4 is 0 Å². The van der Waals surface area contributed by atoms with Gasteiger partial charge in [0.05, 0.1) is 12.2 Å². The third-order valence-electron chi connectivity index (χ3n) is 2.62. The molecule has 4 nitrogen and oxygen atoms in total. The van der Waals surface area contributed by atoms with Gasteiger partial charge in [-0.05, 0) is 33.3 Å². The molecule has 0 atom stereocenters. The van der Waals surface area contributed by atoms with E-state index in [1.807, 2.05) is 6.92 Å². The third kappa shape index (κ3) is 3.22. The summed E-state index contributed by atoms with van der Waals surface area (Å²) >= 11 is 0. The molecule has 1 rings (SSSR count). The summed E-state index contributed by atoms with van der Waals surface area (Å²) < 4.78 is 10.4. The van der Waals surface area contributed by atoms with Gasteiger partial charge in [-0.3, -0.25) is 4.79 Å². The molecule has 0 aliphatic carbocycles. The standard InChI is InChI=1S/C14H20O4/c1-5-7-11-10(8-9-12(15)17-6-2)13(16)14(3,4)18-11/h8-9H,5-7H2,1-4H3/b9-8+. The summed E-state index contributed by atoms with van der Waals surface area (Å²) in [6.07, 6.45) is 4.35. The van der Waals surface area contributed by atoms with Gasteiger partial charge < -0.3 is 9.47 Å². The Labute approximate surface area is 108 Å². The maximum atomic E-state index is 12.1. The second-order valence-corrected chi connectivity index (χ2v) is 4.61. The van der Waals surface area contributed by atoms with Gasteiger partial charge >= 0.3 is 5.97 Å². The molecular weight excluding hydrogens is 232 g/mol. The number of rotatable bonds is 5. The van der Waals surface area contributed by atoms with Crippen molar-refractivity contribution in [3.63, 3.8) is 0 Å². The summed E-state index contributed by atoms with van der Waals surface area (Å²) in [6, 6.07) is 0. The zero-order chi connectivity index (χ0) is 13.8. The third-order valence-corrected chi connectivity index (χ3v) is 2.62. The van der Waals surface area contributed by atoms with E-state index in [2.05, 4.69) is 0 Å². The molecule has 1 aliphatic rings. The van der Waals surface area contributed by atoms with Crippen LogP contribution in [0, 0.1) is 0 Å². The Morgan fingerprint density at radius 1 is 1.39 bits per heavy atom. The fourth-order valence-electron chi connectivity index (χ4n) is 1.78. The van der Waals surface area contributed by atoms with E-state index in [4.69, 9.17) is 9.47 Å². The van der Waals surface area contributed by atoms with Gasteiger partial charge in [-0.1, -0.05) is 6.92 Å². The molecule has 0 aromatic carbocycles. The van der Waals surface area contributed by atoms with Crippen molar-refractivity contribution < 1.29 is 19.1 Å². The Bertz CT molecular complexity index is 402. The Hall–Kier alpha value is -1.58. The molecule has 18 heavy (non-hydrogen) atoms. The van der Waals surface area contributed by atoms with Crippen molar-refractivity contribution in [2.45, 2.75) is 46.1 Å². The second-order valence-electron chi connectivity index (χ2n) is 4.61. The van der Waals surface area contributed by atoms with Gasteiger partial charge in [0.15, 0.2) is 5.60 Å². The van der Waals surface area contributed by atoms with Crippen LogP contribution in [0.1, 0.15) is 40.5 Å². The van der Waals surface area contributed by atoms with Gasteiger partial charge in [-0.15, -0.1) is 0 Å². The molecule has 0 aromatic heterocycles. The van der Waals surface area contributed by atoms with Crippen LogP contribution >= 0.6 is 0 Å². The van der Waals surface area contributed by atoms with Crippen LogP contribution in [0.2, 0.25) is 0 Å². The first-order chi connectivity index (χ1) is 8.42. The van der Waals surface area contributed by atoms with E-state index in [-0.39, 0.29) is 5.78 Å². The molecule has 4 heteroatoms. The van der Waals surface area contributed by atoms with E-state index in [1.165, 1.54) is 12.2 Å². The van der Waals surface area contributed by atoms with Gasteiger partial charge in [-0.25, -0.2) is 4.79 Å². The van der Waals surface area contributed by atoms with E-state index in [9.17, 15) is 9.59 Å². The maximum Gasteiger partial charge on any atom is 0.330 e. The molecule has 1 heterocycles. The van der Waals surface area contributed by atoms with Gasteiger partial charge in [0.25, 0.3) is 0 Å². The molecule has 0 saturated carbocycles. The number of carbonyl (C=O) groups excluding carboxylic acids is 2. The first-order valence-corrected chi connectivity index (χ1v) is 6.24. The maximum absolute atomic E-state index is 12.1. The van der Waals surface area contributed by atoms with Crippen molar-refractivity contribution in [2.24, 2.45) is 0 Å². The molecule has 0 bridgehead atoms. The van der Waals surface area contributed by atoms with Crippen molar-refractivity contribution in [3.8, 4) is 0 Å². The molecule has 0 N–H and O–H groups in total. The lowest BCUT2D eigenvalue weighted by molar-refractivity contribution is -0.137. The van der Waals surface area contributed by atoms with Crippen LogP contribution in [0.25, 0.3) is 0 Å². The summed E-state index contributed by atoms with van der Waals surface area (Å²) in [7, 11) is 0. The van der Waals surface area contributed by atoms with Crippen LogP contribution in [-0.4, -0.2) is 24.0 Å². The van der Waals surface area contributed by atoms with Gasteiger partial charge in [0.1, 0.15) is 5.76 Å². The molecule has 0 aromatic rings. The number of hydrogen-bond donors (Lipinski definition) is 0. The number of carbonyl (C=O) groups is 2. The number of esters is 1. The number of Topliss-reactive ketones (excluding diaryl/α,β-unsaturated/α-hetero) is 1. The molecule has 0 amide bonds. The van der Waals surface area contributed by atoms with Crippen LogP contribution in [0.4, 0.5) is 0 Å². The van der Waals surface area contributed by atoms with E-state index >= 15 is 0 Å². The quantitative estimate of drug-likeness (QED) is 0.557. The van der Waals surface area contributed by atoms with Crippen LogP contribution in [0.3, 0.4) is 0 Å². The first kappa shape index (κ1) is 14.5. The van der Waals surface area contributed by atoms with Crippen LogP contribution in [0.5, 0.6) is 0 Å². The van der Waals surface area contributed by atoms with E-state index in [0.29, 0.717) is 24.4 Å². The van der Waals surface area contributed by atoms with Gasteiger partial charge in [0, 0.05) is 12.5 Å². The molecule has 0 unspecified atom stereocenters. The highest BCUT2D eigenvalue weighted by atomic mass is 16.5. The number of ketones is 1. The summed E-state index contributed by atoms with van der Waals surface area (Å²) in [5.41, 5.74) is -0.353. The fourth-order valence-corrected chi connectivity index (χ4v) is 1.78. The van der Waals surface area contributed by atoms with Gasteiger partial charge in [-0.2, -0.15) is 0 Å². The van der Waals surface area contributed by atoms with Gasteiger partial charge in [0.2, 0.25) is 5.78 Å². The normalized spacial score (nSPS) is 18.3. The monoisotopic (exact) mass is 252 g/mol. The Morgan fingerprint density at radius 3 is 2.61 bits per heavy atom. The smallest absolute Gasteiger partial charge is 0.330 e. The first-order valence-electron chi connectivity index (χ1n) is 6.24. The lowest BCUT2D eigenvalue weighted by Gasteiger charge is -2.17. The number of allylic oxidation sites excluding steroid dienone is 2. The zero-order valence-corrected chi connectivity index (χ0v) is 11.4. The van der Waals surface area contributed by atoms with Crippen molar-refractivity contribution in [1.29, 1.82) is 0 Å². The van der Waals surface area contributed by atoms with Crippen LogP contribution in [0.15, 0.2) is 23.5 Å².